The van der Waals surface area contributed by atoms with E-state index in [2.05, 4.69) is 20.5 Å². The van der Waals surface area contributed by atoms with Crippen molar-refractivity contribution >= 4 is 44.9 Å². The molecule has 2 heterocycles. The fourth-order valence-electron chi connectivity index (χ4n) is 1.87. The monoisotopic (exact) mass is 334 g/mol. The van der Waals surface area contributed by atoms with Crippen molar-refractivity contribution < 1.29 is 9.53 Å². The van der Waals surface area contributed by atoms with Crippen LogP contribution in [0, 0.1) is 6.92 Å². The van der Waals surface area contributed by atoms with Crippen molar-refractivity contribution in [3.63, 3.8) is 0 Å². The Kier molecular flexibility index (Phi) is 4.17. The lowest BCUT2D eigenvalue weighted by Crippen LogP contribution is -2.20. The molecule has 0 radical (unpaired) electrons. The van der Waals surface area contributed by atoms with E-state index < -0.39 is 0 Å². The number of ether oxygens (including phenoxy) is 1. The highest BCUT2D eigenvalue weighted by Crippen LogP contribution is 2.29. The number of carbonyl (C=O) groups excluding carboxylic acids is 1. The van der Waals surface area contributed by atoms with Gasteiger partial charge in [-0.1, -0.05) is 22.9 Å². The van der Waals surface area contributed by atoms with Gasteiger partial charge in [0, 0.05) is 11.6 Å². The molecule has 0 atom stereocenters. The fraction of sp³-hybridized carbons (Fsp3) is 0.143. The summed E-state index contributed by atoms with van der Waals surface area (Å²) in [4.78, 5) is 16.1. The molecule has 3 aromatic rings. The van der Waals surface area contributed by atoms with Crippen molar-refractivity contribution in [1.29, 1.82) is 0 Å². The molecule has 0 saturated heterocycles. The van der Waals surface area contributed by atoms with E-state index in [4.69, 9.17) is 16.3 Å². The van der Waals surface area contributed by atoms with E-state index in [0.717, 1.165) is 10.4 Å². The van der Waals surface area contributed by atoms with Crippen molar-refractivity contribution in [2.24, 2.45) is 0 Å². The number of anilines is 1. The number of pyridine rings is 1. The minimum Gasteiger partial charge on any atom is -0.481 e. The minimum atomic E-state index is -0.310. The number of hydrogen-bond donors (Lipinski definition) is 1. The van der Waals surface area contributed by atoms with E-state index in [0.29, 0.717) is 21.4 Å². The first kappa shape index (κ1) is 14.7. The molecule has 6 nitrogen and oxygen atoms in total. The minimum absolute atomic E-state index is 0.147. The topological polar surface area (TPSA) is 77.0 Å². The zero-order valence-electron chi connectivity index (χ0n) is 11.5. The second-order valence-electron chi connectivity index (χ2n) is 4.41. The van der Waals surface area contributed by atoms with E-state index in [1.54, 1.807) is 24.4 Å². The van der Waals surface area contributed by atoms with Gasteiger partial charge in [-0.2, -0.15) is 0 Å². The molecule has 22 heavy (non-hydrogen) atoms. The quantitative estimate of drug-likeness (QED) is 0.793. The third-order valence-corrected chi connectivity index (χ3v) is 3.89. The molecule has 8 heteroatoms. The van der Waals surface area contributed by atoms with Gasteiger partial charge in [0.2, 0.25) is 5.13 Å². The lowest BCUT2D eigenvalue weighted by atomic mass is 10.2. The Labute approximate surface area is 135 Å². The average Bonchev–Trinajstić information content (AvgIpc) is 2.92. The third-order valence-electron chi connectivity index (χ3n) is 2.81. The number of nitrogens with zero attached hydrogens (tertiary/aromatic N) is 3. The third kappa shape index (κ3) is 3.15. The highest BCUT2D eigenvalue weighted by Gasteiger charge is 2.10. The Morgan fingerprint density at radius 2 is 2.23 bits per heavy atom. The number of nitrogens with one attached hydrogen (secondary N) is 1. The van der Waals surface area contributed by atoms with Crippen molar-refractivity contribution in [1.82, 2.24) is 15.2 Å². The molecule has 0 aliphatic heterocycles. The number of carbonyl (C=O) groups is 1. The smallest absolute Gasteiger partial charge is 0.264 e. The molecule has 0 spiro atoms. The summed E-state index contributed by atoms with van der Waals surface area (Å²) in [6.07, 6.45) is 1.65. The van der Waals surface area contributed by atoms with Crippen molar-refractivity contribution in [2.75, 3.05) is 11.9 Å². The molecule has 0 saturated carbocycles. The van der Waals surface area contributed by atoms with Crippen LogP contribution in [0.1, 0.15) is 5.01 Å². The molecule has 0 unspecified atom stereocenters. The maximum absolute atomic E-state index is 11.9. The first-order chi connectivity index (χ1) is 10.6. The van der Waals surface area contributed by atoms with E-state index >= 15 is 0 Å². The van der Waals surface area contributed by atoms with Crippen LogP contribution >= 0.6 is 22.9 Å². The molecular weight excluding hydrogens is 324 g/mol. The van der Waals surface area contributed by atoms with Crippen LogP contribution in [0.25, 0.3) is 10.9 Å². The van der Waals surface area contributed by atoms with Gasteiger partial charge >= 0.3 is 0 Å². The average molecular weight is 335 g/mol. The van der Waals surface area contributed by atoms with Crippen LogP contribution in [0.3, 0.4) is 0 Å². The summed E-state index contributed by atoms with van der Waals surface area (Å²) in [5.74, 6) is 0.193. The van der Waals surface area contributed by atoms with Crippen LogP contribution in [0.15, 0.2) is 30.5 Å². The summed E-state index contributed by atoms with van der Waals surface area (Å²) in [6.45, 7) is 1.67. The first-order valence-corrected chi connectivity index (χ1v) is 7.59. The second kappa shape index (κ2) is 6.25. The van der Waals surface area contributed by atoms with Gasteiger partial charge in [0.15, 0.2) is 6.61 Å². The predicted octanol–water partition coefficient (Wildman–Crippen LogP) is 3.07. The SMILES string of the molecule is Cc1nnc(NC(=O)COc2ccc(Cl)c3cccnc23)s1. The van der Waals surface area contributed by atoms with Crippen LogP contribution in [0.5, 0.6) is 5.75 Å². The molecule has 2 aromatic heterocycles. The number of fused-ring (bicyclic) bond motifs is 1. The maximum atomic E-state index is 11.9. The molecule has 112 valence electrons. The molecule has 1 amide bonds. The summed E-state index contributed by atoms with van der Waals surface area (Å²) < 4.78 is 5.54. The van der Waals surface area contributed by atoms with Gasteiger partial charge in [-0.15, -0.1) is 10.2 Å². The Balaban J connectivity index is 1.71. The number of rotatable bonds is 4. The van der Waals surface area contributed by atoms with Crippen LogP contribution in [-0.4, -0.2) is 27.7 Å². The lowest BCUT2D eigenvalue weighted by molar-refractivity contribution is -0.118. The van der Waals surface area contributed by atoms with Crippen LogP contribution in [0.2, 0.25) is 5.02 Å². The number of halogens is 1. The fourth-order valence-corrected chi connectivity index (χ4v) is 2.70. The van der Waals surface area contributed by atoms with Gasteiger partial charge < -0.3 is 4.74 Å². The number of aryl methyl sites for hydroxylation is 1. The molecule has 0 aliphatic rings. The lowest BCUT2D eigenvalue weighted by Gasteiger charge is -2.09. The first-order valence-electron chi connectivity index (χ1n) is 6.39. The van der Waals surface area contributed by atoms with Gasteiger partial charge in [-0.3, -0.25) is 15.1 Å². The Morgan fingerprint density at radius 1 is 1.36 bits per heavy atom. The van der Waals surface area contributed by atoms with Crippen LogP contribution in [-0.2, 0) is 4.79 Å². The predicted molar refractivity (Wildman–Crippen MR) is 85.5 cm³/mol. The molecule has 1 aromatic carbocycles. The van der Waals surface area contributed by atoms with Gasteiger partial charge in [0.25, 0.3) is 5.91 Å². The summed E-state index contributed by atoms with van der Waals surface area (Å²) in [7, 11) is 0. The standard InChI is InChI=1S/C14H11ClN4O2S/c1-8-18-19-14(22-8)17-12(20)7-21-11-5-4-10(15)9-3-2-6-16-13(9)11/h2-6H,7H2,1H3,(H,17,19,20). The van der Waals surface area contributed by atoms with Crippen LogP contribution in [0.4, 0.5) is 5.13 Å². The van der Waals surface area contributed by atoms with Crippen LogP contribution < -0.4 is 10.1 Å². The number of benzene rings is 1. The van der Waals surface area contributed by atoms with Gasteiger partial charge in [-0.25, -0.2) is 0 Å². The number of amides is 1. The van der Waals surface area contributed by atoms with E-state index in [1.807, 2.05) is 13.0 Å². The van der Waals surface area contributed by atoms with E-state index in [1.165, 1.54) is 11.3 Å². The summed E-state index contributed by atoms with van der Waals surface area (Å²) in [5, 5.41) is 12.9. The molecule has 0 aliphatic carbocycles. The number of aromatic nitrogens is 3. The number of hydrogen-bond acceptors (Lipinski definition) is 6. The highest BCUT2D eigenvalue weighted by atomic mass is 35.5. The largest absolute Gasteiger partial charge is 0.481 e. The summed E-state index contributed by atoms with van der Waals surface area (Å²) in [6, 6.07) is 7.05. The maximum Gasteiger partial charge on any atom is 0.264 e. The Morgan fingerprint density at radius 3 is 3.00 bits per heavy atom. The molecular formula is C14H11ClN4O2S. The van der Waals surface area contributed by atoms with Gasteiger partial charge in [0.05, 0.1) is 5.02 Å². The molecule has 0 bridgehead atoms. The summed E-state index contributed by atoms with van der Waals surface area (Å²) >= 11 is 7.42. The van der Waals surface area contributed by atoms with Gasteiger partial charge in [0.1, 0.15) is 16.3 Å². The van der Waals surface area contributed by atoms with Gasteiger partial charge in [-0.05, 0) is 31.2 Å². The second-order valence-corrected chi connectivity index (χ2v) is 6.00. The zero-order valence-corrected chi connectivity index (χ0v) is 13.1. The highest BCUT2D eigenvalue weighted by molar-refractivity contribution is 7.15. The Bertz CT molecular complexity index is 837. The molecule has 3 rings (SSSR count). The normalized spacial score (nSPS) is 10.6. The van der Waals surface area contributed by atoms with Crippen molar-refractivity contribution in [2.45, 2.75) is 6.92 Å². The van der Waals surface area contributed by atoms with Crippen molar-refractivity contribution in [3.05, 3.63) is 40.5 Å². The van der Waals surface area contributed by atoms with E-state index in [-0.39, 0.29) is 12.5 Å². The molecule has 0 fully saturated rings. The summed E-state index contributed by atoms with van der Waals surface area (Å²) in [5.41, 5.74) is 0.620. The Hall–Kier alpha value is -2.25. The zero-order chi connectivity index (χ0) is 15.5. The van der Waals surface area contributed by atoms with E-state index in [9.17, 15) is 4.79 Å². The van der Waals surface area contributed by atoms with Crippen molar-refractivity contribution in [3.8, 4) is 5.75 Å². The molecule has 1 N–H and O–H groups in total.